The van der Waals surface area contributed by atoms with Crippen molar-refractivity contribution in [2.75, 3.05) is 5.75 Å². The number of para-hydroxylation sites is 1. The van der Waals surface area contributed by atoms with Gasteiger partial charge in [0.2, 0.25) is 0 Å². The van der Waals surface area contributed by atoms with Gasteiger partial charge in [0.1, 0.15) is 0 Å². The maximum Gasteiger partial charge on any atom is 0.192 e. The third kappa shape index (κ3) is 2.44. The van der Waals surface area contributed by atoms with Crippen molar-refractivity contribution in [2.45, 2.75) is 24.0 Å². The maximum atomic E-state index is 5.88. The Labute approximate surface area is 137 Å². The number of H-pyrrole nitrogens is 1. The Morgan fingerprint density at radius 2 is 2.18 bits per heavy atom. The van der Waals surface area contributed by atoms with Crippen LogP contribution in [0.3, 0.4) is 0 Å². The van der Waals surface area contributed by atoms with Gasteiger partial charge in [0.25, 0.3) is 0 Å². The summed E-state index contributed by atoms with van der Waals surface area (Å²) in [6, 6.07) is 8.76. The molecule has 0 aliphatic heterocycles. The topological polar surface area (TPSA) is 46.5 Å². The van der Waals surface area contributed by atoms with E-state index in [9.17, 15) is 0 Å². The molecule has 1 fully saturated rings. The van der Waals surface area contributed by atoms with Crippen molar-refractivity contribution in [3.8, 4) is 11.4 Å². The van der Waals surface area contributed by atoms with Crippen LogP contribution in [0.4, 0.5) is 0 Å². The van der Waals surface area contributed by atoms with Gasteiger partial charge in [-0.1, -0.05) is 48.1 Å². The number of rotatable bonds is 5. The Hall–Kier alpha value is -1.72. The van der Waals surface area contributed by atoms with E-state index >= 15 is 0 Å². The molecule has 1 saturated carbocycles. The number of benzene rings is 1. The molecule has 1 N–H and O–H groups in total. The van der Waals surface area contributed by atoms with E-state index in [-0.39, 0.29) is 0 Å². The number of fused-ring (bicyclic) bond motifs is 1. The molecule has 3 aromatic rings. The van der Waals surface area contributed by atoms with Crippen LogP contribution in [0.5, 0.6) is 0 Å². The molecular formula is C16H15ClN4S. The quantitative estimate of drug-likeness (QED) is 0.695. The number of hydrogen-bond donors (Lipinski definition) is 1. The van der Waals surface area contributed by atoms with Gasteiger partial charge in [0, 0.05) is 39.5 Å². The predicted molar refractivity (Wildman–Crippen MR) is 91.3 cm³/mol. The second-order valence-electron chi connectivity index (χ2n) is 5.46. The van der Waals surface area contributed by atoms with Crippen LogP contribution in [0.25, 0.3) is 22.3 Å². The number of aromatic nitrogens is 4. The van der Waals surface area contributed by atoms with Crippen molar-refractivity contribution >= 4 is 34.3 Å². The van der Waals surface area contributed by atoms with Crippen molar-refractivity contribution in [1.29, 1.82) is 0 Å². The Kier molecular flexibility index (Phi) is 3.47. The van der Waals surface area contributed by atoms with Gasteiger partial charge in [0.15, 0.2) is 11.0 Å². The average molecular weight is 331 g/mol. The molecule has 0 atom stereocenters. The van der Waals surface area contributed by atoms with Gasteiger partial charge in [-0.2, -0.15) is 0 Å². The van der Waals surface area contributed by atoms with Crippen LogP contribution in [0.2, 0.25) is 0 Å². The highest BCUT2D eigenvalue weighted by atomic mass is 35.5. The molecule has 2 aromatic heterocycles. The summed E-state index contributed by atoms with van der Waals surface area (Å²) in [5, 5.41) is 11.5. The Bertz CT molecular complexity index is 847. The molecule has 6 heteroatoms. The zero-order valence-corrected chi connectivity index (χ0v) is 13.5. The zero-order chi connectivity index (χ0) is 15.1. The molecule has 0 unspecified atom stereocenters. The molecule has 2 heterocycles. The fourth-order valence-electron chi connectivity index (χ4n) is 2.62. The van der Waals surface area contributed by atoms with Crippen LogP contribution in [0.15, 0.2) is 47.2 Å². The summed E-state index contributed by atoms with van der Waals surface area (Å²) in [4.78, 5) is 3.31. The van der Waals surface area contributed by atoms with Crippen molar-refractivity contribution in [3.63, 3.8) is 0 Å². The fraction of sp³-hybridized carbons (Fsp3) is 0.250. The first-order valence-electron chi connectivity index (χ1n) is 7.21. The molecule has 0 saturated heterocycles. The van der Waals surface area contributed by atoms with Crippen LogP contribution in [-0.4, -0.2) is 25.5 Å². The van der Waals surface area contributed by atoms with Gasteiger partial charge in [-0.15, -0.1) is 10.2 Å². The zero-order valence-electron chi connectivity index (χ0n) is 11.9. The van der Waals surface area contributed by atoms with E-state index in [1.807, 2.05) is 18.3 Å². The standard InChI is InChI=1S/C16H15ClN4S/c1-10(17)9-22-16-20-19-15(21(16)11-6-7-11)13-8-18-14-5-3-2-4-12(13)14/h2-5,8,11,18H,1,6-7,9H2. The van der Waals surface area contributed by atoms with Gasteiger partial charge in [-0.05, 0) is 18.9 Å². The largest absolute Gasteiger partial charge is 0.360 e. The molecule has 4 nitrogen and oxygen atoms in total. The molecule has 0 spiro atoms. The summed E-state index contributed by atoms with van der Waals surface area (Å²) in [7, 11) is 0. The minimum atomic E-state index is 0.504. The highest BCUT2D eigenvalue weighted by molar-refractivity contribution is 7.99. The minimum absolute atomic E-state index is 0.504. The number of aromatic amines is 1. The Balaban J connectivity index is 1.80. The molecule has 0 bridgehead atoms. The summed E-state index contributed by atoms with van der Waals surface area (Å²) in [5.41, 5.74) is 2.22. The van der Waals surface area contributed by atoms with E-state index in [1.54, 1.807) is 11.8 Å². The molecule has 1 aliphatic carbocycles. The molecular weight excluding hydrogens is 316 g/mol. The molecule has 0 radical (unpaired) electrons. The Morgan fingerprint density at radius 3 is 2.95 bits per heavy atom. The maximum absolute atomic E-state index is 5.88. The lowest BCUT2D eigenvalue weighted by Gasteiger charge is -2.07. The van der Waals surface area contributed by atoms with E-state index < -0.39 is 0 Å². The normalized spacial score (nSPS) is 14.6. The van der Waals surface area contributed by atoms with Crippen LogP contribution in [-0.2, 0) is 0 Å². The smallest absolute Gasteiger partial charge is 0.192 e. The SMILES string of the molecule is C=C(Cl)CSc1nnc(-c2c[nH]c3ccccc23)n1C1CC1. The first-order chi connectivity index (χ1) is 10.7. The van der Waals surface area contributed by atoms with Gasteiger partial charge in [-0.3, -0.25) is 4.57 Å². The lowest BCUT2D eigenvalue weighted by atomic mass is 10.1. The molecule has 0 amide bonds. The number of halogens is 1. The van der Waals surface area contributed by atoms with Crippen LogP contribution >= 0.6 is 23.4 Å². The Morgan fingerprint density at radius 1 is 1.36 bits per heavy atom. The van der Waals surface area contributed by atoms with Crippen molar-refractivity contribution in [1.82, 2.24) is 19.7 Å². The van der Waals surface area contributed by atoms with Gasteiger partial charge in [0.05, 0.1) is 0 Å². The van der Waals surface area contributed by atoms with E-state index in [4.69, 9.17) is 11.6 Å². The van der Waals surface area contributed by atoms with Crippen LogP contribution < -0.4 is 0 Å². The van der Waals surface area contributed by atoms with Crippen LogP contribution in [0.1, 0.15) is 18.9 Å². The second-order valence-corrected chi connectivity index (χ2v) is 6.94. The average Bonchev–Trinajstić information content (AvgIpc) is 3.12. The summed E-state index contributed by atoms with van der Waals surface area (Å²) < 4.78 is 2.25. The van der Waals surface area contributed by atoms with Crippen molar-refractivity contribution < 1.29 is 0 Å². The predicted octanol–water partition coefficient (Wildman–Crippen LogP) is 4.61. The van der Waals surface area contributed by atoms with Crippen LogP contribution in [0, 0.1) is 0 Å². The van der Waals surface area contributed by atoms with E-state index in [0.29, 0.717) is 16.8 Å². The van der Waals surface area contributed by atoms with Gasteiger partial charge in [-0.25, -0.2) is 0 Å². The fourth-order valence-corrected chi connectivity index (χ4v) is 3.54. The van der Waals surface area contributed by atoms with Gasteiger partial charge >= 0.3 is 0 Å². The summed E-state index contributed by atoms with van der Waals surface area (Å²) in [5.74, 6) is 1.59. The molecule has 1 aromatic carbocycles. The monoisotopic (exact) mass is 330 g/mol. The molecule has 22 heavy (non-hydrogen) atoms. The molecule has 1 aliphatic rings. The third-order valence-electron chi connectivity index (χ3n) is 3.76. The number of nitrogens with zero attached hydrogens (tertiary/aromatic N) is 3. The third-order valence-corrected chi connectivity index (χ3v) is 5.09. The lowest BCUT2D eigenvalue weighted by molar-refractivity contribution is 0.670. The highest BCUT2D eigenvalue weighted by Crippen LogP contribution is 2.42. The minimum Gasteiger partial charge on any atom is -0.360 e. The van der Waals surface area contributed by atoms with E-state index in [1.165, 1.54) is 18.2 Å². The van der Waals surface area contributed by atoms with E-state index in [2.05, 4.69) is 38.5 Å². The highest BCUT2D eigenvalue weighted by Gasteiger charge is 2.30. The first-order valence-corrected chi connectivity index (χ1v) is 8.58. The summed E-state index contributed by atoms with van der Waals surface area (Å²) in [6.45, 7) is 3.74. The summed E-state index contributed by atoms with van der Waals surface area (Å²) in [6.07, 6.45) is 4.38. The summed E-state index contributed by atoms with van der Waals surface area (Å²) >= 11 is 7.48. The number of thioether (sulfide) groups is 1. The second kappa shape index (κ2) is 5.48. The van der Waals surface area contributed by atoms with Crippen molar-refractivity contribution in [3.05, 3.63) is 42.1 Å². The first kappa shape index (κ1) is 13.9. The van der Waals surface area contributed by atoms with Crippen molar-refractivity contribution in [2.24, 2.45) is 0 Å². The molecule has 112 valence electrons. The molecule has 4 rings (SSSR count). The van der Waals surface area contributed by atoms with Gasteiger partial charge < -0.3 is 4.98 Å². The number of hydrogen-bond acceptors (Lipinski definition) is 3. The number of nitrogens with one attached hydrogen (secondary N) is 1. The lowest BCUT2D eigenvalue weighted by Crippen LogP contribution is -1.99. The van der Waals surface area contributed by atoms with E-state index in [0.717, 1.165) is 22.1 Å².